The highest BCUT2D eigenvalue weighted by atomic mass is 16.4. The predicted molar refractivity (Wildman–Crippen MR) is 102 cm³/mol. The van der Waals surface area contributed by atoms with Crippen LogP contribution in [0.15, 0.2) is 59.0 Å². The SMILES string of the molecule is C[C@@H](O)CNC(=O)CCc1nnc(Cc2ccc(-c3ccccc3)cc2)o1. The van der Waals surface area contributed by atoms with Gasteiger partial charge in [-0.05, 0) is 23.6 Å². The molecule has 0 saturated carbocycles. The van der Waals surface area contributed by atoms with Crippen molar-refractivity contribution in [3.63, 3.8) is 0 Å². The molecule has 0 saturated heterocycles. The third-order valence-corrected chi connectivity index (χ3v) is 4.09. The summed E-state index contributed by atoms with van der Waals surface area (Å²) in [7, 11) is 0. The lowest BCUT2D eigenvalue weighted by molar-refractivity contribution is -0.121. The molecule has 140 valence electrons. The molecule has 1 amide bonds. The van der Waals surface area contributed by atoms with Crippen LogP contribution in [0, 0.1) is 0 Å². The van der Waals surface area contributed by atoms with Gasteiger partial charge in [-0.3, -0.25) is 4.79 Å². The van der Waals surface area contributed by atoms with Crippen LogP contribution >= 0.6 is 0 Å². The van der Waals surface area contributed by atoms with Crippen LogP contribution in [0.2, 0.25) is 0 Å². The van der Waals surface area contributed by atoms with Crippen molar-refractivity contribution in [2.24, 2.45) is 0 Å². The zero-order valence-corrected chi connectivity index (χ0v) is 15.3. The molecule has 27 heavy (non-hydrogen) atoms. The lowest BCUT2D eigenvalue weighted by Crippen LogP contribution is -2.30. The van der Waals surface area contributed by atoms with Gasteiger partial charge in [0.05, 0.1) is 12.5 Å². The molecule has 3 aromatic rings. The molecule has 0 fully saturated rings. The maximum Gasteiger partial charge on any atom is 0.220 e. The van der Waals surface area contributed by atoms with E-state index in [1.165, 1.54) is 5.56 Å². The van der Waals surface area contributed by atoms with E-state index in [4.69, 9.17) is 9.52 Å². The monoisotopic (exact) mass is 365 g/mol. The normalized spacial score (nSPS) is 11.9. The van der Waals surface area contributed by atoms with Gasteiger partial charge in [-0.2, -0.15) is 0 Å². The Bertz CT molecular complexity index is 858. The molecule has 0 aliphatic rings. The van der Waals surface area contributed by atoms with Crippen LogP contribution in [0.1, 0.15) is 30.7 Å². The van der Waals surface area contributed by atoms with Crippen LogP contribution in [0.4, 0.5) is 0 Å². The molecule has 0 aliphatic heterocycles. The summed E-state index contributed by atoms with van der Waals surface area (Å²) in [6.45, 7) is 1.86. The van der Waals surface area contributed by atoms with Gasteiger partial charge in [0.15, 0.2) is 0 Å². The summed E-state index contributed by atoms with van der Waals surface area (Å²) in [6, 6.07) is 18.5. The van der Waals surface area contributed by atoms with Crippen molar-refractivity contribution >= 4 is 5.91 Å². The van der Waals surface area contributed by atoms with E-state index in [1.54, 1.807) is 6.92 Å². The number of aryl methyl sites for hydroxylation is 1. The van der Waals surface area contributed by atoms with Gasteiger partial charge in [0.1, 0.15) is 0 Å². The average Bonchev–Trinajstić information content (AvgIpc) is 3.13. The van der Waals surface area contributed by atoms with Crippen molar-refractivity contribution < 1.29 is 14.3 Å². The number of aliphatic hydroxyl groups is 1. The number of nitrogens with one attached hydrogen (secondary N) is 1. The van der Waals surface area contributed by atoms with Crippen molar-refractivity contribution in [1.29, 1.82) is 0 Å². The molecule has 1 heterocycles. The van der Waals surface area contributed by atoms with E-state index in [1.807, 2.05) is 18.2 Å². The third-order valence-electron chi connectivity index (χ3n) is 4.09. The second kappa shape index (κ2) is 9.09. The standard InChI is InChI=1S/C21H23N3O3/c1-15(25)14-22-19(26)11-12-20-23-24-21(27-20)13-16-7-9-18(10-8-16)17-5-3-2-4-6-17/h2-10,15,25H,11-14H2,1H3,(H,22,26)/t15-/m1/s1. The first-order valence-electron chi connectivity index (χ1n) is 9.00. The Morgan fingerprint density at radius 3 is 2.41 bits per heavy atom. The quantitative estimate of drug-likeness (QED) is 0.641. The number of nitrogens with zero attached hydrogens (tertiary/aromatic N) is 2. The lowest BCUT2D eigenvalue weighted by Gasteiger charge is -2.05. The largest absolute Gasteiger partial charge is 0.425 e. The van der Waals surface area contributed by atoms with Gasteiger partial charge in [-0.1, -0.05) is 54.6 Å². The van der Waals surface area contributed by atoms with Gasteiger partial charge in [0.25, 0.3) is 0 Å². The molecule has 1 atom stereocenters. The summed E-state index contributed by atoms with van der Waals surface area (Å²) in [5, 5.41) is 19.8. The summed E-state index contributed by atoms with van der Waals surface area (Å²) in [4.78, 5) is 11.7. The number of hydrogen-bond acceptors (Lipinski definition) is 5. The topological polar surface area (TPSA) is 88.2 Å². The molecule has 0 spiro atoms. The smallest absolute Gasteiger partial charge is 0.220 e. The summed E-state index contributed by atoms with van der Waals surface area (Å²) < 4.78 is 5.63. The van der Waals surface area contributed by atoms with E-state index in [2.05, 4.69) is 51.9 Å². The van der Waals surface area contributed by atoms with E-state index in [0.717, 1.165) is 11.1 Å². The van der Waals surface area contributed by atoms with E-state index < -0.39 is 6.10 Å². The van der Waals surface area contributed by atoms with Gasteiger partial charge in [-0.15, -0.1) is 10.2 Å². The Kier molecular flexibility index (Phi) is 6.33. The van der Waals surface area contributed by atoms with Crippen LogP contribution in [0.3, 0.4) is 0 Å². The predicted octanol–water partition coefficient (Wildman–Crippen LogP) is 2.76. The first kappa shape index (κ1) is 18.8. The van der Waals surface area contributed by atoms with Gasteiger partial charge in [0.2, 0.25) is 17.7 Å². The molecule has 2 aromatic carbocycles. The number of aromatic nitrogens is 2. The second-order valence-corrected chi connectivity index (χ2v) is 6.48. The first-order chi connectivity index (χ1) is 13.1. The fourth-order valence-corrected chi connectivity index (χ4v) is 2.65. The summed E-state index contributed by atoms with van der Waals surface area (Å²) in [6.07, 6.45) is 0.624. The summed E-state index contributed by atoms with van der Waals surface area (Å²) >= 11 is 0. The van der Waals surface area contributed by atoms with Crippen LogP contribution in [-0.2, 0) is 17.6 Å². The van der Waals surface area contributed by atoms with E-state index >= 15 is 0 Å². The molecule has 0 unspecified atom stereocenters. The van der Waals surface area contributed by atoms with Crippen molar-refractivity contribution in [2.45, 2.75) is 32.3 Å². The van der Waals surface area contributed by atoms with E-state index in [0.29, 0.717) is 24.6 Å². The summed E-state index contributed by atoms with van der Waals surface area (Å²) in [5.41, 5.74) is 3.42. The maximum atomic E-state index is 11.7. The van der Waals surface area contributed by atoms with Crippen molar-refractivity contribution in [1.82, 2.24) is 15.5 Å². The molecule has 6 heteroatoms. The van der Waals surface area contributed by atoms with Crippen molar-refractivity contribution in [3.8, 4) is 11.1 Å². The Hall–Kier alpha value is -2.99. The second-order valence-electron chi connectivity index (χ2n) is 6.48. The number of aliphatic hydroxyl groups excluding tert-OH is 1. The molecule has 2 N–H and O–H groups in total. The average molecular weight is 365 g/mol. The Morgan fingerprint density at radius 2 is 1.70 bits per heavy atom. The number of amides is 1. The van der Waals surface area contributed by atoms with Gasteiger partial charge in [-0.25, -0.2) is 0 Å². The van der Waals surface area contributed by atoms with Gasteiger partial charge < -0.3 is 14.8 Å². The highest BCUT2D eigenvalue weighted by molar-refractivity contribution is 5.76. The molecular weight excluding hydrogens is 342 g/mol. The number of benzene rings is 2. The Labute approximate surface area is 158 Å². The number of hydrogen-bond donors (Lipinski definition) is 2. The first-order valence-corrected chi connectivity index (χ1v) is 9.00. The number of rotatable bonds is 8. The van der Waals surface area contributed by atoms with Crippen LogP contribution in [0.25, 0.3) is 11.1 Å². The third kappa shape index (κ3) is 5.76. The maximum absolute atomic E-state index is 11.7. The molecule has 0 radical (unpaired) electrons. The highest BCUT2D eigenvalue weighted by Gasteiger charge is 2.10. The van der Waals surface area contributed by atoms with Gasteiger partial charge in [0, 0.05) is 19.4 Å². The minimum Gasteiger partial charge on any atom is -0.425 e. The molecule has 6 nitrogen and oxygen atoms in total. The van der Waals surface area contributed by atoms with Gasteiger partial charge >= 0.3 is 0 Å². The highest BCUT2D eigenvalue weighted by Crippen LogP contribution is 2.20. The number of carbonyl (C=O) groups excluding carboxylic acids is 1. The minimum atomic E-state index is -0.558. The van der Waals surface area contributed by atoms with E-state index in [9.17, 15) is 4.79 Å². The molecule has 0 aliphatic carbocycles. The molecule has 3 rings (SSSR count). The van der Waals surface area contributed by atoms with Crippen LogP contribution in [0.5, 0.6) is 0 Å². The Morgan fingerprint density at radius 1 is 1.04 bits per heavy atom. The zero-order chi connectivity index (χ0) is 19.1. The fourth-order valence-electron chi connectivity index (χ4n) is 2.65. The Balaban J connectivity index is 1.52. The molecule has 1 aromatic heterocycles. The van der Waals surface area contributed by atoms with E-state index in [-0.39, 0.29) is 18.9 Å². The molecule has 0 bridgehead atoms. The van der Waals surface area contributed by atoms with Crippen molar-refractivity contribution in [2.75, 3.05) is 6.54 Å². The fraction of sp³-hybridized carbons (Fsp3) is 0.286. The molecular formula is C21H23N3O3. The van der Waals surface area contributed by atoms with Crippen molar-refractivity contribution in [3.05, 3.63) is 71.9 Å². The van der Waals surface area contributed by atoms with Crippen LogP contribution < -0.4 is 5.32 Å². The zero-order valence-electron chi connectivity index (χ0n) is 15.3. The lowest BCUT2D eigenvalue weighted by atomic mass is 10.0. The minimum absolute atomic E-state index is 0.146. The summed E-state index contributed by atoms with van der Waals surface area (Å²) in [5.74, 6) is 0.826. The van der Waals surface area contributed by atoms with Crippen LogP contribution in [-0.4, -0.2) is 33.9 Å². The number of carbonyl (C=O) groups is 1.